The van der Waals surface area contributed by atoms with Crippen LogP contribution in [0.25, 0.3) is 0 Å². The Labute approximate surface area is 77.0 Å². The fraction of sp³-hybridized carbons (Fsp3) is 0.400. The summed E-state index contributed by atoms with van der Waals surface area (Å²) in [6.07, 6.45) is 0. The normalized spacial score (nSPS) is 12.6. The zero-order valence-electron chi connectivity index (χ0n) is 7.75. The van der Waals surface area contributed by atoms with Gasteiger partial charge in [0.2, 0.25) is 0 Å². The predicted molar refractivity (Wildman–Crippen MR) is 48.5 cm³/mol. The summed E-state index contributed by atoms with van der Waals surface area (Å²) >= 11 is 0. The van der Waals surface area contributed by atoms with Gasteiger partial charge in [0, 0.05) is 18.6 Å². The first-order chi connectivity index (χ1) is 6.17. The summed E-state index contributed by atoms with van der Waals surface area (Å²) in [5.41, 5.74) is 0.749. The fourth-order valence-corrected chi connectivity index (χ4v) is 1.09. The van der Waals surface area contributed by atoms with E-state index in [-0.39, 0.29) is 18.3 Å². The van der Waals surface area contributed by atoms with Gasteiger partial charge in [-0.3, -0.25) is 0 Å². The number of aliphatic hydroxyl groups is 1. The average Bonchev–Trinajstić information content (AvgIpc) is 2.15. The van der Waals surface area contributed by atoms with Gasteiger partial charge in [0.1, 0.15) is 11.6 Å². The van der Waals surface area contributed by atoms with Crippen molar-refractivity contribution in [3.63, 3.8) is 0 Å². The molecule has 0 unspecified atom stereocenters. The van der Waals surface area contributed by atoms with Crippen molar-refractivity contribution in [3.05, 3.63) is 29.6 Å². The van der Waals surface area contributed by atoms with Gasteiger partial charge in [0.25, 0.3) is 0 Å². The highest BCUT2D eigenvalue weighted by Gasteiger charge is 2.07. The predicted octanol–water partition coefficient (Wildman–Crippen LogP) is 1.93. The lowest BCUT2D eigenvalue weighted by Crippen LogP contribution is -2.00. The second kappa shape index (κ2) is 4.23. The quantitative estimate of drug-likeness (QED) is 0.777. The molecule has 0 aliphatic rings. The second-order valence-corrected chi connectivity index (χ2v) is 3.01. The van der Waals surface area contributed by atoms with Crippen molar-refractivity contribution >= 4 is 0 Å². The lowest BCUT2D eigenvalue weighted by atomic mass is 10.0. The Morgan fingerprint density at radius 3 is 2.69 bits per heavy atom. The number of hydrogen-bond acceptors (Lipinski definition) is 2. The molecule has 0 aliphatic carbocycles. The van der Waals surface area contributed by atoms with Crippen LogP contribution in [-0.4, -0.2) is 18.8 Å². The topological polar surface area (TPSA) is 29.5 Å². The number of halogens is 1. The molecular formula is C10H13FO2. The van der Waals surface area contributed by atoms with Crippen molar-refractivity contribution < 1.29 is 14.2 Å². The van der Waals surface area contributed by atoms with Crippen molar-refractivity contribution in [1.29, 1.82) is 0 Å². The van der Waals surface area contributed by atoms with Crippen LogP contribution in [0.3, 0.4) is 0 Å². The zero-order chi connectivity index (χ0) is 9.84. The van der Waals surface area contributed by atoms with E-state index < -0.39 is 0 Å². The van der Waals surface area contributed by atoms with Gasteiger partial charge in [-0.25, -0.2) is 4.39 Å². The minimum atomic E-state index is -0.338. The molecular weight excluding hydrogens is 171 g/mol. The summed E-state index contributed by atoms with van der Waals surface area (Å²) < 4.78 is 17.9. The van der Waals surface area contributed by atoms with Gasteiger partial charge in [-0.15, -0.1) is 0 Å². The lowest BCUT2D eigenvalue weighted by Gasteiger charge is -2.09. The molecule has 72 valence electrons. The first kappa shape index (κ1) is 9.99. The monoisotopic (exact) mass is 184 g/mol. The Bertz CT molecular complexity index is 286. The van der Waals surface area contributed by atoms with Crippen molar-refractivity contribution in [2.45, 2.75) is 12.8 Å². The van der Waals surface area contributed by atoms with Gasteiger partial charge in [-0.2, -0.15) is 0 Å². The third-order valence-electron chi connectivity index (χ3n) is 1.97. The molecule has 0 bridgehead atoms. The van der Waals surface area contributed by atoms with Crippen LogP contribution in [0.4, 0.5) is 4.39 Å². The van der Waals surface area contributed by atoms with Crippen LogP contribution < -0.4 is 4.74 Å². The van der Waals surface area contributed by atoms with Crippen LogP contribution in [0, 0.1) is 5.82 Å². The van der Waals surface area contributed by atoms with Crippen molar-refractivity contribution in [2.24, 2.45) is 0 Å². The van der Waals surface area contributed by atoms with E-state index in [0.29, 0.717) is 5.75 Å². The average molecular weight is 184 g/mol. The molecule has 0 aromatic heterocycles. The molecule has 0 heterocycles. The standard InChI is InChI=1S/C10H13FO2/c1-7(6-12)8-3-9(11)5-10(4-8)13-2/h3-5,7,12H,6H2,1-2H3/t7-/m1/s1. The molecule has 13 heavy (non-hydrogen) atoms. The van der Waals surface area contributed by atoms with E-state index in [0.717, 1.165) is 5.56 Å². The first-order valence-electron chi connectivity index (χ1n) is 4.12. The van der Waals surface area contributed by atoms with Crippen LogP contribution in [0.2, 0.25) is 0 Å². The summed E-state index contributed by atoms with van der Waals surface area (Å²) in [6, 6.07) is 4.45. The molecule has 1 atom stereocenters. The zero-order valence-corrected chi connectivity index (χ0v) is 7.75. The summed E-state index contributed by atoms with van der Waals surface area (Å²) in [5, 5.41) is 8.88. The molecule has 3 heteroatoms. The summed E-state index contributed by atoms with van der Waals surface area (Å²) in [4.78, 5) is 0. The van der Waals surface area contributed by atoms with E-state index >= 15 is 0 Å². The molecule has 0 radical (unpaired) electrons. The van der Waals surface area contributed by atoms with Crippen LogP contribution in [0.15, 0.2) is 18.2 Å². The van der Waals surface area contributed by atoms with Crippen LogP contribution in [0.1, 0.15) is 18.4 Å². The highest BCUT2D eigenvalue weighted by Crippen LogP contribution is 2.21. The van der Waals surface area contributed by atoms with Crippen molar-refractivity contribution in [1.82, 2.24) is 0 Å². The number of rotatable bonds is 3. The Morgan fingerprint density at radius 1 is 1.46 bits per heavy atom. The molecule has 1 aromatic carbocycles. The highest BCUT2D eigenvalue weighted by atomic mass is 19.1. The van der Waals surface area contributed by atoms with Crippen molar-refractivity contribution in [2.75, 3.05) is 13.7 Å². The highest BCUT2D eigenvalue weighted by molar-refractivity contribution is 5.31. The first-order valence-corrected chi connectivity index (χ1v) is 4.12. The minimum absolute atomic E-state index is 0.00656. The van der Waals surface area contributed by atoms with Gasteiger partial charge >= 0.3 is 0 Å². The number of ether oxygens (including phenoxy) is 1. The maximum absolute atomic E-state index is 12.9. The van der Waals surface area contributed by atoms with E-state index in [1.165, 1.54) is 19.2 Å². The van der Waals surface area contributed by atoms with Gasteiger partial charge < -0.3 is 9.84 Å². The smallest absolute Gasteiger partial charge is 0.127 e. The fourth-order valence-electron chi connectivity index (χ4n) is 1.09. The summed E-state index contributed by atoms with van der Waals surface area (Å²) in [7, 11) is 1.49. The number of hydrogen-bond donors (Lipinski definition) is 1. The molecule has 2 nitrogen and oxygen atoms in total. The summed E-state index contributed by atoms with van der Waals surface area (Å²) in [5.74, 6) is 0.0783. The van der Waals surface area contributed by atoms with Crippen LogP contribution in [-0.2, 0) is 0 Å². The molecule has 1 rings (SSSR count). The van der Waals surface area contributed by atoms with Gasteiger partial charge in [0.05, 0.1) is 7.11 Å². The van der Waals surface area contributed by atoms with Crippen molar-refractivity contribution in [3.8, 4) is 5.75 Å². The van der Waals surface area contributed by atoms with E-state index in [4.69, 9.17) is 9.84 Å². The van der Waals surface area contributed by atoms with E-state index in [2.05, 4.69) is 0 Å². The van der Waals surface area contributed by atoms with Gasteiger partial charge in [-0.05, 0) is 17.7 Å². The Kier molecular flexibility index (Phi) is 3.25. The molecule has 1 aromatic rings. The number of aliphatic hydroxyl groups excluding tert-OH is 1. The molecule has 0 spiro atoms. The van der Waals surface area contributed by atoms with Crippen LogP contribution >= 0.6 is 0 Å². The van der Waals surface area contributed by atoms with Crippen LogP contribution in [0.5, 0.6) is 5.75 Å². The summed E-state index contributed by atoms with van der Waals surface area (Å²) in [6.45, 7) is 1.83. The minimum Gasteiger partial charge on any atom is -0.497 e. The number of benzene rings is 1. The van der Waals surface area contributed by atoms with E-state index in [9.17, 15) is 4.39 Å². The SMILES string of the molecule is COc1cc(F)cc([C@H](C)CO)c1. The molecule has 0 amide bonds. The lowest BCUT2D eigenvalue weighted by molar-refractivity contribution is 0.272. The van der Waals surface area contributed by atoms with Gasteiger partial charge in [-0.1, -0.05) is 6.92 Å². The van der Waals surface area contributed by atoms with Gasteiger partial charge in [0.15, 0.2) is 0 Å². The molecule has 0 saturated heterocycles. The third-order valence-corrected chi connectivity index (χ3v) is 1.97. The molecule has 0 aliphatic heterocycles. The largest absolute Gasteiger partial charge is 0.497 e. The van der Waals surface area contributed by atoms with E-state index in [1.807, 2.05) is 6.92 Å². The number of methoxy groups -OCH3 is 1. The Morgan fingerprint density at radius 2 is 2.15 bits per heavy atom. The molecule has 0 fully saturated rings. The maximum Gasteiger partial charge on any atom is 0.127 e. The molecule has 0 saturated carbocycles. The maximum atomic E-state index is 12.9. The third kappa shape index (κ3) is 2.42. The Balaban J connectivity index is 3.01. The Hall–Kier alpha value is -1.09. The van der Waals surface area contributed by atoms with E-state index in [1.54, 1.807) is 6.07 Å². The molecule has 1 N–H and O–H groups in total. The second-order valence-electron chi connectivity index (χ2n) is 3.01.